The smallest absolute Gasteiger partial charge is 0.226 e. The number of fused-ring (bicyclic) bond motifs is 1. The van der Waals surface area contributed by atoms with Gasteiger partial charge in [0.2, 0.25) is 5.91 Å². The fourth-order valence-corrected chi connectivity index (χ4v) is 2.22. The summed E-state index contributed by atoms with van der Waals surface area (Å²) in [7, 11) is 0. The summed E-state index contributed by atoms with van der Waals surface area (Å²) >= 11 is 0. The summed E-state index contributed by atoms with van der Waals surface area (Å²) in [6.45, 7) is 0. The molecule has 1 aliphatic heterocycles. The average molecular weight is 238 g/mol. The van der Waals surface area contributed by atoms with Gasteiger partial charge in [-0.2, -0.15) is 0 Å². The molecule has 1 fully saturated rings. The number of halogens is 2. The fraction of sp³-hybridized carbons (Fsp3) is 0.417. The summed E-state index contributed by atoms with van der Waals surface area (Å²) < 4.78 is 26.8. The van der Waals surface area contributed by atoms with Crippen LogP contribution in [0.2, 0.25) is 0 Å². The van der Waals surface area contributed by atoms with Gasteiger partial charge < -0.3 is 10.6 Å². The van der Waals surface area contributed by atoms with Gasteiger partial charge in [0.1, 0.15) is 0 Å². The standard InChI is InChI=1S/C12H12F2N2O/c13-7-3-4-8-12(11(7)14)16-9(6-1-2-6)5-10(17)15-8/h3-4,6,9,16H,1-2,5H2,(H,15,17). The quantitative estimate of drug-likeness (QED) is 0.789. The molecule has 1 aromatic carbocycles. The molecule has 90 valence electrons. The van der Waals surface area contributed by atoms with Gasteiger partial charge in [-0.15, -0.1) is 0 Å². The molecule has 1 aromatic rings. The number of anilines is 2. The van der Waals surface area contributed by atoms with Crippen LogP contribution in [0.3, 0.4) is 0 Å². The normalized spacial score (nSPS) is 23.4. The summed E-state index contributed by atoms with van der Waals surface area (Å²) in [5.41, 5.74) is 0.393. The zero-order valence-corrected chi connectivity index (χ0v) is 9.09. The van der Waals surface area contributed by atoms with Gasteiger partial charge in [0.25, 0.3) is 0 Å². The number of rotatable bonds is 1. The van der Waals surface area contributed by atoms with E-state index < -0.39 is 11.6 Å². The van der Waals surface area contributed by atoms with Gasteiger partial charge in [-0.3, -0.25) is 4.79 Å². The Hall–Kier alpha value is -1.65. The topological polar surface area (TPSA) is 41.1 Å². The van der Waals surface area contributed by atoms with Crippen LogP contribution in [0.25, 0.3) is 0 Å². The average Bonchev–Trinajstić information content (AvgIpc) is 3.09. The highest BCUT2D eigenvalue weighted by Gasteiger charge is 2.35. The van der Waals surface area contributed by atoms with Crippen LogP contribution in [0.4, 0.5) is 20.2 Å². The molecule has 1 heterocycles. The van der Waals surface area contributed by atoms with E-state index in [0.717, 1.165) is 18.9 Å². The second kappa shape index (κ2) is 3.68. The van der Waals surface area contributed by atoms with Crippen molar-refractivity contribution in [2.75, 3.05) is 10.6 Å². The summed E-state index contributed by atoms with van der Waals surface area (Å²) in [6, 6.07) is 2.31. The van der Waals surface area contributed by atoms with Gasteiger partial charge in [0.15, 0.2) is 11.6 Å². The molecular formula is C12H12F2N2O. The fourth-order valence-electron chi connectivity index (χ4n) is 2.22. The van der Waals surface area contributed by atoms with Crippen molar-refractivity contribution in [3.8, 4) is 0 Å². The van der Waals surface area contributed by atoms with Crippen LogP contribution in [-0.2, 0) is 4.79 Å². The minimum Gasteiger partial charge on any atom is -0.377 e. The molecule has 1 atom stereocenters. The lowest BCUT2D eigenvalue weighted by molar-refractivity contribution is -0.116. The van der Waals surface area contributed by atoms with Crippen LogP contribution in [-0.4, -0.2) is 11.9 Å². The Morgan fingerprint density at radius 1 is 1.24 bits per heavy atom. The monoisotopic (exact) mass is 238 g/mol. The van der Waals surface area contributed by atoms with Gasteiger partial charge in [-0.25, -0.2) is 8.78 Å². The number of carbonyl (C=O) groups excluding carboxylic acids is 1. The Kier molecular flexibility index (Phi) is 2.28. The number of hydrogen-bond donors (Lipinski definition) is 2. The van der Waals surface area contributed by atoms with Crippen molar-refractivity contribution < 1.29 is 13.6 Å². The van der Waals surface area contributed by atoms with Gasteiger partial charge in [-0.05, 0) is 30.9 Å². The summed E-state index contributed by atoms with van der Waals surface area (Å²) in [6.07, 6.45) is 2.38. The number of nitrogens with one attached hydrogen (secondary N) is 2. The van der Waals surface area contributed by atoms with Crippen molar-refractivity contribution in [3.63, 3.8) is 0 Å². The first kappa shape index (κ1) is 10.5. The molecule has 1 aliphatic carbocycles. The third-order valence-electron chi connectivity index (χ3n) is 3.30. The van der Waals surface area contributed by atoms with E-state index in [1.165, 1.54) is 6.07 Å². The van der Waals surface area contributed by atoms with Crippen LogP contribution >= 0.6 is 0 Å². The van der Waals surface area contributed by atoms with Crippen molar-refractivity contribution in [1.29, 1.82) is 0 Å². The van der Waals surface area contributed by atoms with Crippen molar-refractivity contribution in [2.45, 2.75) is 25.3 Å². The maximum absolute atomic E-state index is 13.7. The van der Waals surface area contributed by atoms with Gasteiger partial charge >= 0.3 is 0 Å². The number of amides is 1. The zero-order valence-electron chi connectivity index (χ0n) is 9.09. The van der Waals surface area contributed by atoms with E-state index in [1.807, 2.05) is 0 Å². The third kappa shape index (κ3) is 1.85. The van der Waals surface area contributed by atoms with E-state index in [-0.39, 0.29) is 17.6 Å². The first-order valence-electron chi connectivity index (χ1n) is 5.69. The number of carbonyl (C=O) groups is 1. The minimum atomic E-state index is -0.921. The lowest BCUT2D eigenvalue weighted by atomic mass is 10.1. The SMILES string of the molecule is O=C1CC(C2CC2)Nc2c(ccc(F)c2F)N1. The van der Waals surface area contributed by atoms with Crippen LogP contribution in [0.5, 0.6) is 0 Å². The molecule has 0 radical (unpaired) electrons. The van der Waals surface area contributed by atoms with Crippen molar-refractivity contribution in [3.05, 3.63) is 23.8 Å². The molecule has 3 nitrogen and oxygen atoms in total. The van der Waals surface area contributed by atoms with E-state index in [0.29, 0.717) is 18.0 Å². The van der Waals surface area contributed by atoms with E-state index in [9.17, 15) is 13.6 Å². The molecule has 2 N–H and O–H groups in total. The Balaban J connectivity index is 2.02. The van der Waals surface area contributed by atoms with E-state index in [1.54, 1.807) is 0 Å². The predicted molar refractivity (Wildman–Crippen MR) is 59.7 cm³/mol. The van der Waals surface area contributed by atoms with E-state index >= 15 is 0 Å². The zero-order chi connectivity index (χ0) is 12.0. The highest BCUT2D eigenvalue weighted by Crippen LogP contribution is 2.39. The highest BCUT2D eigenvalue weighted by molar-refractivity contribution is 5.96. The molecule has 1 unspecified atom stereocenters. The van der Waals surface area contributed by atoms with Crippen molar-refractivity contribution in [2.24, 2.45) is 5.92 Å². The Morgan fingerprint density at radius 2 is 2.00 bits per heavy atom. The Morgan fingerprint density at radius 3 is 2.71 bits per heavy atom. The molecule has 0 aromatic heterocycles. The van der Waals surface area contributed by atoms with E-state index in [4.69, 9.17) is 0 Å². The highest BCUT2D eigenvalue weighted by atomic mass is 19.2. The molecule has 5 heteroatoms. The summed E-state index contributed by atoms with van der Waals surface area (Å²) in [5.74, 6) is -1.58. The maximum Gasteiger partial charge on any atom is 0.226 e. The van der Waals surface area contributed by atoms with Gasteiger partial charge in [-0.1, -0.05) is 0 Å². The Bertz CT molecular complexity index is 486. The molecule has 3 rings (SSSR count). The first-order valence-corrected chi connectivity index (χ1v) is 5.69. The molecular weight excluding hydrogens is 226 g/mol. The summed E-state index contributed by atoms with van der Waals surface area (Å²) in [4.78, 5) is 11.6. The molecule has 0 saturated heterocycles. The second-order valence-corrected chi connectivity index (χ2v) is 4.62. The van der Waals surface area contributed by atoms with Crippen molar-refractivity contribution >= 4 is 17.3 Å². The van der Waals surface area contributed by atoms with Crippen LogP contribution in [0.15, 0.2) is 12.1 Å². The largest absolute Gasteiger partial charge is 0.377 e. The van der Waals surface area contributed by atoms with Crippen LogP contribution in [0.1, 0.15) is 19.3 Å². The second-order valence-electron chi connectivity index (χ2n) is 4.62. The molecule has 1 saturated carbocycles. The first-order chi connectivity index (χ1) is 8.15. The predicted octanol–water partition coefficient (Wildman–Crippen LogP) is 2.50. The van der Waals surface area contributed by atoms with Crippen LogP contribution in [0, 0.1) is 17.6 Å². The molecule has 0 bridgehead atoms. The van der Waals surface area contributed by atoms with Crippen molar-refractivity contribution in [1.82, 2.24) is 0 Å². The molecule has 0 spiro atoms. The minimum absolute atomic E-state index is 0.0766. The molecule has 1 amide bonds. The summed E-state index contributed by atoms with van der Waals surface area (Å²) in [5, 5.41) is 5.56. The van der Waals surface area contributed by atoms with E-state index in [2.05, 4.69) is 10.6 Å². The number of hydrogen-bond acceptors (Lipinski definition) is 2. The lowest BCUT2D eigenvalue weighted by Crippen LogP contribution is -2.25. The van der Waals surface area contributed by atoms with Gasteiger partial charge in [0, 0.05) is 12.5 Å². The number of benzene rings is 1. The van der Waals surface area contributed by atoms with Gasteiger partial charge in [0.05, 0.1) is 11.4 Å². The molecule has 2 aliphatic rings. The lowest BCUT2D eigenvalue weighted by Gasteiger charge is -2.16. The Labute approximate surface area is 97.2 Å². The molecule has 17 heavy (non-hydrogen) atoms. The third-order valence-corrected chi connectivity index (χ3v) is 3.30. The maximum atomic E-state index is 13.7. The van der Waals surface area contributed by atoms with Crippen LogP contribution < -0.4 is 10.6 Å².